The van der Waals surface area contributed by atoms with Crippen LogP contribution in [0, 0.1) is 0 Å². The average molecular weight is 267 g/mol. The molecule has 0 spiro atoms. The molecule has 1 aliphatic rings. The monoisotopic (exact) mass is 267 g/mol. The lowest BCUT2D eigenvalue weighted by Crippen LogP contribution is -2.32. The summed E-state index contributed by atoms with van der Waals surface area (Å²) in [5, 5.41) is 3.66. The predicted octanol–water partition coefficient (Wildman–Crippen LogP) is 2.04. The summed E-state index contributed by atoms with van der Waals surface area (Å²) in [5.74, 6) is 1.59. The quantitative estimate of drug-likeness (QED) is 0.887. The predicted molar refractivity (Wildman–Crippen MR) is 75.6 cm³/mol. The lowest BCUT2D eigenvalue weighted by molar-refractivity contribution is 0.413. The summed E-state index contributed by atoms with van der Waals surface area (Å²) < 4.78 is 17.4. The fourth-order valence-corrected chi connectivity index (χ4v) is 3.97. The summed E-state index contributed by atoms with van der Waals surface area (Å²) in [6.45, 7) is 4.96. The molecule has 0 aliphatic heterocycles. The minimum atomic E-state index is -0.772. The Bertz CT molecular complexity index is 447. The van der Waals surface area contributed by atoms with Gasteiger partial charge in [-0.05, 0) is 36.2 Å². The third-order valence-electron chi connectivity index (χ3n) is 3.53. The van der Waals surface area contributed by atoms with Gasteiger partial charge in [0.2, 0.25) is 0 Å². The molecule has 3 atom stereocenters. The van der Waals surface area contributed by atoms with Crippen LogP contribution < -0.4 is 10.1 Å². The number of nitrogens with one attached hydrogen (secondary N) is 1. The van der Waals surface area contributed by atoms with Crippen molar-refractivity contribution in [2.75, 3.05) is 19.4 Å². The van der Waals surface area contributed by atoms with E-state index in [9.17, 15) is 4.21 Å². The molecule has 0 radical (unpaired) electrons. The van der Waals surface area contributed by atoms with Crippen LogP contribution in [-0.2, 0) is 17.2 Å². The smallest absolute Gasteiger partial charge is 0.119 e. The maximum Gasteiger partial charge on any atom is 0.119 e. The van der Waals surface area contributed by atoms with Crippen LogP contribution in [0.15, 0.2) is 18.2 Å². The Balaban J connectivity index is 2.34. The van der Waals surface area contributed by atoms with Gasteiger partial charge in [-0.25, -0.2) is 0 Å². The minimum absolute atomic E-state index is 0.192. The molecule has 3 unspecified atom stereocenters. The highest BCUT2D eigenvalue weighted by Crippen LogP contribution is 2.36. The molecular formula is C14H21NO2S. The molecule has 3 nitrogen and oxygen atoms in total. The van der Waals surface area contributed by atoms with Gasteiger partial charge in [0.05, 0.1) is 12.4 Å². The summed E-state index contributed by atoms with van der Waals surface area (Å²) in [7, 11) is 0.909. The molecular weight excluding hydrogens is 246 g/mol. The molecule has 4 heteroatoms. The van der Waals surface area contributed by atoms with Gasteiger partial charge in [0, 0.05) is 22.6 Å². The van der Waals surface area contributed by atoms with Crippen molar-refractivity contribution in [2.45, 2.75) is 31.6 Å². The van der Waals surface area contributed by atoms with Gasteiger partial charge in [0.15, 0.2) is 0 Å². The molecule has 0 saturated carbocycles. The molecule has 0 saturated heterocycles. The highest BCUT2D eigenvalue weighted by molar-refractivity contribution is 7.85. The first kappa shape index (κ1) is 13.6. The van der Waals surface area contributed by atoms with E-state index in [0.29, 0.717) is 0 Å². The van der Waals surface area contributed by atoms with Crippen molar-refractivity contribution >= 4 is 10.8 Å². The summed E-state index contributed by atoms with van der Waals surface area (Å²) in [5.41, 5.74) is 2.55. The molecule has 18 heavy (non-hydrogen) atoms. The highest BCUT2D eigenvalue weighted by Gasteiger charge is 2.35. The fraction of sp³-hybridized carbons (Fsp3) is 0.571. The lowest BCUT2D eigenvalue weighted by atomic mass is 10.1. The van der Waals surface area contributed by atoms with Crippen molar-refractivity contribution in [3.63, 3.8) is 0 Å². The Morgan fingerprint density at radius 3 is 2.83 bits per heavy atom. The van der Waals surface area contributed by atoms with E-state index in [1.165, 1.54) is 11.1 Å². The maximum absolute atomic E-state index is 12.2. The molecule has 0 fully saturated rings. The summed E-state index contributed by atoms with van der Waals surface area (Å²) in [6.07, 6.45) is 0.900. The lowest BCUT2D eigenvalue weighted by Gasteiger charge is -2.20. The van der Waals surface area contributed by atoms with Crippen molar-refractivity contribution in [2.24, 2.45) is 0 Å². The van der Waals surface area contributed by atoms with Gasteiger partial charge in [-0.3, -0.25) is 4.21 Å². The zero-order valence-corrected chi connectivity index (χ0v) is 12.0. The Labute approximate surface area is 111 Å². The van der Waals surface area contributed by atoms with Crippen LogP contribution in [0.4, 0.5) is 0 Å². The summed E-state index contributed by atoms with van der Waals surface area (Å²) >= 11 is 0. The van der Waals surface area contributed by atoms with Crippen molar-refractivity contribution < 1.29 is 8.95 Å². The van der Waals surface area contributed by atoms with E-state index in [1.807, 2.05) is 13.0 Å². The van der Waals surface area contributed by atoms with Crippen LogP contribution in [0.25, 0.3) is 0 Å². The van der Waals surface area contributed by atoms with Crippen molar-refractivity contribution in [3.8, 4) is 5.75 Å². The van der Waals surface area contributed by atoms with Gasteiger partial charge in [0.25, 0.3) is 0 Å². The number of methoxy groups -OCH3 is 1. The van der Waals surface area contributed by atoms with Crippen molar-refractivity contribution in [1.82, 2.24) is 5.32 Å². The number of hydrogen-bond acceptors (Lipinski definition) is 3. The zero-order valence-electron chi connectivity index (χ0n) is 11.2. The number of hydrogen-bond donors (Lipinski definition) is 1. The van der Waals surface area contributed by atoms with E-state index in [0.717, 1.165) is 24.5 Å². The van der Waals surface area contributed by atoms with E-state index < -0.39 is 10.8 Å². The molecule has 100 valence electrons. The average Bonchev–Trinajstić information content (AvgIpc) is 2.76. The number of benzene rings is 1. The number of ether oxygens (including phenoxy) is 1. The highest BCUT2D eigenvalue weighted by atomic mass is 32.2. The van der Waals surface area contributed by atoms with Crippen LogP contribution in [0.5, 0.6) is 5.75 Å². The molecule has 1 N–H and O–H groups in total. The fourth-order valence-electron chi connectivity index (χ4n) is 2.63. The first-order valence-electron chi connectivity index (χ1n) is 6.48. The summed E-state index contributed by atoms with van der Waals surface area (Å²) in [6, 6.07) is 6.36. The zero-order chi connectivity index (χ0) is 13.1. The largest absolute Gasteiger partial charge is 0.497 e. The first-order valence-corrected chi connectivity index (χ1v) is 7.86. The molecule has 0 bridgehead atoms. The Morgan fingerprint density at radius 2 is 2.22 bits per heavy atom. The molecule has 2 rings (SSSR count). The molecule has 1 aromatic carbocycles. The van der Waals surface area contributed by atoms with Crippen LogP contribution in [-0.4, -0.2) is 28.9 Å². The second-order valence-corrected chi connectivity index (χ2v) is 6.46. The normalized spacial score (nSPS) is 23.7. The SMILES string of the molecule is CCNC1c2cc(OC)ccc2CC1S(=O)CC. The van der Waals surface area contributed by atoms with Gasteiger partial charge in [-0.15, -0.1) is 0 Å². The van der Waals surface area contributed by atoms with E-state index in [2.05, 4.69) is 24.4 Å². The van der Waals surface area contributed by atoms with Crippen LogP contribution in [0.2, 0.25) is 0 Å². The van der Waals surface area contributed by atoms with Crippen LogP contribution >= 0.6 is 0 Å². The third-order valence-corrected chi connectivity index (χ3v) is 5.21. The topological polar surface area (TPSA) is 38.3 Å². The van der Waals surface area contributed by atoms with E-state index >= 15 is 0 Å². The standard InChI is InChI=1S/C14H21NO2S/c1-4-15-14-12-9-11(17-3)7-6-10(12)8-13(14)18(16)5-2/h6-7,9,13-15H,4-5,8H2,1-3H3. The van der Waals surface area contributed by atoms with Gasteiger partial charge >= 0.3 is 0 Å². The number of fused-ring (bicyclic) bond motifs is 1. The van der Waals surface area contributed by atoms with Gasteiger partial charge in [-0.1, -0.05) is 19.9 Å². The second kappa shape index (κ2) is 5.85. The molecule has 1 aliphatic carbocycles. The van der Waals surface area contributed by atoms with E-state index in [-0.39, 0.29) is 11.3 Å². The van der Waals surface area contributed by atoms with Gasteiger partial charge < -0.3 is 10.1 Å². The minimum Gasteiger partial charge on any atom is -0.497 e. The Kier molecular flexibility index (Phi) is 4.40. The van der Waals surface area contributed by atoms with E-state index in [1.54, 1.807) is 7.11 Å². The third kappa shape index (κ3) is 2.45. The molecule has 0 amide bonds. The van der Waals surface area contributed by atoms with Crippen LogP contribution in [0.1, 0.15) is 31.0 Å². The number of rotatable bonds is 5. The Morgan fingerprint density at radius 1 is 1.44 bits per heavy atom. The molecule has 0 heterocycles. The van der Waals surface area contributed by atoms with Crippen molar-refractivity contribution in [3.05, 3.63) is 29.3 Å². The van der Waals surface area contributed by atoms with Gasteiger partial charge in [0.1, 0.15) is 5.75 Å². The molecule has 0 aromatic heterocycles. The molecule has 1 aromatic rings. The summed E-state index contributed by atoms with van der Waals surface area (Å²) in [4.78, 5) is 0. The first-order chi connectivity index (χ1) is 8.71. The maximum atomic E-state index is 12.2. The second-order valence-electron chi connectivity index (χ2n) is 4.51. The Hall–Kier alpha value is -0.870. The van der Waals surface area contributed by atoms with E-state index in [4.69, 9.17) is 4.74 Å². The van der Waals surface area contributed by atoms with Crippen LogP contribution in [0.3, 0.4) is 0 Å². The van der Waals surface area contributed by atoms with Gasteiger partial charge in [-0.2, -0.15) is 0 Å². The van der Waals surface area contributed by atoms with Crippen molar-refractivity contribution in [1.29, 1.82) is 0 Å².